The van der Waals surface area contributed by atoms with Gasteiger partial charge in [-0.15, -0.1) is 0 Å². The van der Waals surface area contributed by atoms with Gasteiger partial charge in [-0.1, -0.05) is 19.1 Å². The molecular weight excluding hydrogens is 350 g/mol. The smallest absolute Gasteiger partial charge is 0.251 e. The lowest BCUT2D eigenvalue weighted by molar-refractivity contribution is -0.111. The lowest BCUT2D eigenvalue weighted by Gasteiger charge is -2.32. The fraction of sp³-hybridized carbons (Fsp3) is 0.304. The Balaban J connectivity index is 1.54. The van der Waals surface area contributed by atoms with Crippen LogP contribution in [0.3, 0.4) is 0 Å². The second-order valence-electron chi connectivity index (χ2n) is 7.24. The number of benzene rings is 2. The first-order valence-corrected chi connectivity index (χ1v) is 9.71. The molecule has 0 unspecified atom stereocenters. The van der Waals surface area contributed by atoms with Crippen molar-refractivity contribution in [3.8, 4) is 0 Å². The van der Waals surface area contributed by atoms with Crippen molar-refractivity contribution in [3.05, 3.63) is 65.7 Å². The van der Waals surface area contributed by atoms with Crippen LogP contribution < -0.4 is 15.5 Å². The molecule has 2 N–H and O–H groups in total. The monoisotopic (exact) mass is 377 g/mol. The van der Waals surface area contributed by atoms with Crippen LogP contribution in [-0.2, 0) is 4.79 Å². The first-order chi connectivity index (χ1) is 13.5. The number of hydrogen-bond acceptors (Lipinski definition) is 3. The zero-order valence-corrected chi connectivity index (χ0v) is 16.4. The van der Waals surface area contributed by atoms with E-state index in [0.29, 0.717) is 5.56 Å². The van der Waals surface area contributed by atoms with Crippen molar-refractivity contribution in [2.75, 3.05) is 30.4 Å². The standard InChI is InChI=1S/C23H27N3O2/c1-17-13-15-26(16-14-17)21-10-8-20(9-11-21)25-22(27)12-5-18-3-6-19(7-4-18)23(28)24-2/h3-12,17H,13-16H2,1-2H3,(H,24,28)(H,25,27)/b12-5+. The number of carbonyl (C=O) groups excluding carboxylic acids is 2. The Labute approximate surface area is 166 Å². The molecule has 5 nitrogen and oxygen atoms in total. The highest BCUT2D eigenvalue weighted by molar-refractivity contribution is 6.02. The highest BCUT2D eigenvalue weighted by Gasteiger charge is 2.15. The molecule has 2 aromatic carbocycles. The molecule has 2 amide bonds. The molecule has 0 atom stereocenters. The molecule has 1 aliphatic rings. The van der Waals surface area contributed by atoms with Gasteiger partial charge in [-0.25, -0.2) is 0 Å². The van der Waals surface area contributed by atoms with Gasteiger partial charge in [-0.3, -0.25) is 9.59 Å². The number of anilines is 2. The molecule has 0 aliphatic carbocycles. The third kappa shape index (κ3) is 5.22. The Morgan fingerprint density at radius 3 is 2.25 bits per heavy atom. The molecule has 28 heavy (non-hydrogen) atoms. The minimum atomic E-state index is -0.185. The van der Waals surface area contributed by atoms with Crippen molar-refractivity contribution in [1.82, 2.24) is 5.32 Å². The zero-order valence-electron chi connectivity index (χ0n) is 16.4. The van der Waals surface area contributed by atoms with Crippen LogP contribution in [0, 0.1) is 5.92 Å². The number of rotatable bonds is 5. The summed E-state index contributed by atoms with van der Waals surface area (Å²) in [7, 11) is 1.60. The summed E-state index contributed by atoms with van der Waals surface area (Å²) in [6, 6.07) is 15.1. The van der Waals surface area contributed by atoms with E-state index >= 15 is 0 Å². The van der Waals surface area contributed by atoms with Gasteiger partial charge in [0.15, 0.2) is 0 Å². The predicted octanol–water partition coefficient (Wildman–Crippen LogP) is 3.93. The van der Waals surface area contributed by atoms with Crippen molar-refractivity contribution in [1.29, 1.82) is 0 Å². The fourth-order valence-corrected chi connectivity index (χ4v) is 3.27. The number of nitrogens with one attached hydrogen (secondary N) is 2. The van der Waals surface area contributed by atoms with E-state index in [1.807, 2.05) is 24.3 Å². The molecule has 1 saturated heterocycles. The number of nitrogens with zero attached hydrogens (tertiary/aromatic N) is 1. The summed E-state index contributed by atoms with van der Waals surface area (Å²) >= 11 is 0. The van der Waals surface area contributed by atoms with E-state index in [1.54, 1.807) is 25.3 Å². The summed E-state index contributed by atoms with van der Waals surface area (Å²) in [5, 5.41) is 5.46. The molecular formula is C23H27N3O2. The van der Waals surface area contributed by atoms with E-state index < -0.39 is 0 Å². The summed E-state index contributed by atoms with van der Waals surface area (Å²) in [5.41, 5.74) is 3.43. The van der Waals surface area contributed by atoms with E-state index in [-0.39, 0.29) is 11.8 Å². The fourth-order valence-electron chi connectivity index (χ4n) is 3.27. The highest BCUT2D eigenvalue weighted by atomic mass is 16.2. The number of carbonyl (C=O) groups is 2. The molecule has 5 heteroatoms. The third-order valence-electron chi connectivity index (χ3n) is 5.11. The summed E-state index contributed by atoms with van der Waals surface area (Å²) in [6.07, 6.45) is 5.68. The van der Waals surface area contributed by atoms with Gasteiger partial charge in [0.05, 0.1) is 0 Å². The van der Waals surface area contributed by atoms with Gasteiger partial charge in [0.1, 0.15) is 0 Å². The van der Waals surface area contributed by atoms with Gasteiger partial charge in [-0.05, 0) is 66.8 Å². The number of amides is 2. The van der Waals surface area contributed by atoms with Gasteiger partial charge in [0.25, 0.3) is 5.91 Å². The summed E-state index contributed by atoms with van der Waals surface area (Å²) in [4.78, 5) is 26.1. The van der Waals surface area contributed by atoms with E-state index in [9.17, 15) is 9.59 Å². The quantitative estimate of drug-likeness (QED) is 0.776. The minimum absolute atomic E-state index is 0.129. The molecule has 0 aromatic heterocycles. The van der Waals surface area contributed by atoms with Crippen LogP contribution in [0.2, 0.25) is 0 Å². The lowest BCUT2D eigenvalue weighted by Crippen LogP contribution is -2.32. The Kier molecular flexibility index (Phi) is 6.48. The Morgan fingerprint density at radius 1 is 1.00 bits per heavy atom. The molecule has 0 bridgehead atoms. The van der Waals surface area contributed by atoms with Crippen LogP contribution >= 0.6 is 0 Å². The Morgan fingerprint density at radius 2 is 1.64 bits per heavy atom. The summed E-state index contributed by atoms with van der Waals surface area (Å²) < 4.78 is 0. The van der Waals surface area contributed by atoms with Gasteiger partial charge in [0, 0.05) is 43.2 Å². The van der Waals surface area contributed by atoms with E-state index in [0.717, 1.165) is 30.3 Å². The van der Waals surface area contributed by atoms with Crippen molar-refractivity contribution >= 4 is 29.3 Å². The number of piperidine rings is 1. The average Bonchev–Trinajstić information content (AvgIpc) is 2.73. The first-order valence-electron chi connectivity index (χ1n) is 9.71. The molecule has 1 aliphatic heterocycles. The van der Waals surface area contributed by atoms with Crippen LogP contribution in [0.4, 0.5) is 11.4 Å². The van der Waals surface area contributed by atoms with E-state index in [4.69, 9.17) is 0 Å². The largest absolute Gasteiger partial charge is 0.372 e. The zero-order chi connectivity index (χ0) is 19.9. The van der Waals surface area contributed by atoms with Crippen LogP contribution in [0.5, 0.6) is 0 Å². The Hall–Kier alpha value is -3.08. The maximum absolute atomic E-state index is 12.2. The van der Waals surface area contributed by atoms with Crippen molar-refractivity contribution in [2.45, 2.75) is 19.8 Å². The predicted molar refractivity (Wildman–Crippen MR) is 115 cm³/mol. The van der Waals surface area contributed by atoms with E-state index in [2.05, 4.69) is 34.6 Å². The molecule has 0 radical (unpaired) electrons. The number of hydrogen-bond donors (Lipinski definition) is 2. The SMILES string of the molecule is CNC(=O)c1ccc(/C=C/C(=O)Nc2ccc(N3CCC(C)CC3)cc2)cc1. The second-order valence-corrected chi connectivity index (χ2v) is 7.24. The van der Waals surface area contributed by atoms with Crippen LogP contribution in [0.1, 0.15) is 35.7 Å². The van der Waals surface area contributed by atoms with Gasteiger partial charge in [0.2, 0.25) is 5.91 Å². The first kappa shape index (κ1) is 19.7. The van der Waals surface area contributed by atoms with Gasteiger partial charge < -0.3 is 15.5 Å². The van der Waals surface area contributed by atoms with E-state index in [1.165, 1.54) is 24.6 Å². The topological polar surface area (TPSA) is 61.4 Å². The second kappa shape index (κ2) is 9.22. The molecule has 2 aromatic rings. The van der Waals surface area contributed by atoms with Gasteiger partial charge in [-0.2, -0.15) is 0 Å². The maximum Gasteiger partial charge on any atom is 0.251 e. The summed E-state index contributed by atoms with van der Waals surface area (Å²) in [6.45, 7) is 4.49. The third-order valence-corrected chi connectivity index (χ3v) is 5.11. The van der Waals surface area contributed by atoms with Crippen LogP contribution in [0.15, 0.2) is 54.6 Å². The normalized spacial score (nSPS) is 14.9. The molecule has 3 rings (SSSR count). The summed E-state index contributed by atoms with van der Waals surface area (Å²) in [5.74, 6) is 0.493. The molecule has 0 saturated carbocycles. The molecule has 1 heterocycles. The van der Waals surface area contributed by atoms with Crippen molar-refractivity contribution in [2.24, 2.45) is 5.92 Å². The lowest BCUT2D eigenvalue weighted by atomic mass is 9.99. The Bertz CT molecular complexity index is 833. The molecule has 146 valence electrons. The van der Waals surface area contributed by atoms with Crippen molar-refractivity contribution in [3.63, 3.8) is 0 Å². The van der Waals surface area contributed by atoms with Crippen LogP contribution in [-0.4, -0.2) is 32.0 Å². The average molecular weight is 377 g/mol. The highest BCUT2D eigenvalue weighted by Crippen LogP contribution is 2.24. The van der Waals surface area contributed by atoms with Crippen molar-refractivity contribution < 1.29 is 9.59 Å². The van der Waals surface area contributed by atoms with Gasteiger partial charge >= 0.3 is 0 Å². The maximum atomic E-state index is 12.2. The molecule has 0 spiro atoms. The minimum Gasteiger partial charge on any atom is -0.372 e. The van der Waals surface area contributed by atoms with Crippen LogP contribution in [0.25, 0.3) is 6.08 Å². The molecule has 1 fully saturated rings.